The van der Waals surface area contributed by atoms with E-state index in [1.165, 1.54) is 6.26 Å². The molecule has 0 saturated carbocycles. The Morgan fingerprint density at radius 2 is 2.26 bits per heavy atom. The molecule has 0 atom stereocenters. The van der Waals surface area contributed by atoms with E-state index in [1.54, 1.807) is 30.3 Å². The molecule has 1 heterocycles. The summed E-state index contributed by atoms with van der Waals surface area (Å²) in [6, 6.07) is 8.64. The summed E-state index contributed by atoms with van der Waals surface area (Å²) in [5.41, 5.74) is 3.12. The zero-order valence-electron chi connectivity index (χ0n) is 10.1. The lowest BCUT2D eigenvalue weighted by molar-refractivity contribution is 0.0953. The summed E-state index contributed by atoms with van der Waals surface area (Å²) in [5, 5.41) is 9.01. The summed E-state index contributed by atoms with van der Waals surface area (Å²) in [6.45, 7) is 0.144. The number of rotatable bonds is 5. The number of carbonyl (C=O) groups excluding carboxylic acids is 1. The largest absolute Gasteiger partial charge is 0.486 e. The van der Waals surface area contributed by atoms with Crippen molar-refractivity contribution in [1.82, 2.24) is 5.43 Å². The molecule has 2 aromatic rings. The SMILES string of the molecule is NNC(=O)c1coc(COc2cccc(CO)c2)c1. The van der Waals surface area contributed by atoms with Crippen LogP contribution in [-0.2, 0) is 13.2 Å². The van der Waals surface area contributed by atoms with Crippen LogP contribution in [0.25, 0.3) is 0 Å². The third-order valence-electron chi connectivity index (χ3n) is 2.51. The fourth-order valence-electron chi connectivity index (χ4n) is 1.55. The molecule has 0 spiro atoms. The molecule has 0 saturated heterocycles. The number of nitrogens with one attached hydrogen (secondary N) is 1. The molecular weight excluding hydrogens is 248 g/mol. The van der Waals surface area contributed by atoms with Crippen molar-refractivity contribution in [3.8, 4) is 5.75 Å². The first kappa shape index (κ1) is 13.1. The monoisotopic (exact) mass is 262 g/mol. The van der Waals surface area contributed by atoms with Crippen LogP contribution >= 0.6 is 0 Å². The molecule has 19 heavy (non-hydrogen) atoms. The second kappa shape index (κ2) is 6.03. The van der Waals surface area contributed by atoms with Gasteiger partial charge in [-0.3, -0.25) is 10.2 Å². The number of ether oxygens (including phenoxy) is 1. The van der Waals surface area contributed by atoms with E-state index in [4.69, 9.17) is 20.1 Å². The van der Waals surface area contributed by atoms with Gasteiger partial charge >= 0.3 is 0 Å². The lowest BCUT2D eigenvalue weighted by Gasteiger charge is -2.05. The highest BCUT2D eigenvalue weighted by Crippen LogP contribution is 2.16. The Balaban J connectivity index is 1.98. The van der Waals surface area contributed by atoms with Gasteiger partial charge in [0.05, 0.1) is 12.2 Å². The van der Waals surface area contributed by atoms with E-state index >= 15 is 0 Å². The minimum atomic E-state index is -0.419. The Hall–Kier alpha value is -2.31. The molecule has 1 amide bonds. The molecular formula is C13H14N2O4. The van der Waals surface area contributed by atoms with Crippen LogP contribution in [0, 0.1) is 0 Å². The third kappa shape index (κ3) is 3.34. The first-order chi connectivity index (χ1) is 9.22. The molecule has 0 aliphatic rings. The maximum Gasteiger partial charge on any atom is 0.268 e. The smallest absolute Gasteiger partial charge is 0.268 e. The predicted octanol–water partition coefficient (Wildman–Crippen LogP) is 0.954. The van der Waals surface area contributed by atoms with Gasteiger partial charge in [-0.1, -0.05) is 12.1 Å². The number of aliphatic hydroxyl groups is 1. The maximum absolute atomic E-state index is 11.2. The van der Waals surface area contributed by atoms with E-state index in [0.29, 0.717) is 17.1 Å². The summed E-state index contributed by atoms with van der Waals surface area (Å²) in [5.74, 6) is 5.72. The summed E-state index contributed by atoms with van der Waals surface area (Å²) < 4.78 is 10.7. The topological polar surface area (TPSA) is 97.7 Å². The maximum atomic E-state index is 11.2. The number of hydrazine groups is 1. The molecule has 6 heteroatoms. The van der Waals surface area contributed by atoms with Crippen molar-refractivity contribution < 1.29 is 19.1 Å². The second-order valence-electron chi connectivity index (χ2n) is 3.87. The Morgan fingerprint density at radius 1 is 1.42 bits per heavy atom. The van der Waals surface area contributed by atoms with E-state index in [-0.39, 0.29) is 13.2 Å². The van der Waals surface area contributed by atoms with Crippen LogP contribution in [0.5, 0.6) is 5.75 Å². The standard InChI is InChI=1S/C13H14N2O4/c14-15-13(17)10-5-12(18-7-10)8-19-11-3-1-2-9(4-11)6-16/h1-5,7,16H,6,8,14H2,(H,15,17). The van der Waals surface area contributed by atoms with E-state index in [9.17, 15) is 4.79 Å². The van der Waals surface area contributed by atoms with Crippen LogP contribution in [0.3, 0.4) is 0 Å². The van der Waals surface area contributed by atoms with Gasteiger partial charge in [0.1, 0.15) is 24.4 Å². The normalized spacial score (nSPS) is 10.2. The van der Waals surface area contributed by atoms with Crippen molar-refractivity contribution >= 4 is 5.91 Å². The molecule has 0 bridgehead atoms. The van der Waals surface area contributed by atoms with Crippen LogP contribution in [0.4, 0.5) is 0 Å². The van der Waals surface area contributed by atoms with Crippen molar-refractivity contribution in [1.29, 1.82) is 0 Å². The van der Waals surface area contributed by atoms with Gasteiger partial charge in [-0.05, 0) is 23.8 Å². The van der Waals surface area contributed by atoms with Crippen molar-refractivity contribution in [2.45, 2.75) is 13.2 Å². The highest BCUT2D eigenvalue weighted by molar-refractivity contribution is 5.93. The Kier molecular flexibility index (Phi) is 4.17. The summed E-state index contributed by atoms with van der Waals surface area (Å²) in [6.07, 6.45) is 1.31. The van der Waals surface area contributed by atoms with E-state index in [1.807, 2.05) is 5.43 Å². The number of benzene rings is 1. The molecule has 0 fully saturated rings. The second-order valence-corrected chi connectivity index (χ2v) is 3.87. The Bertz CT molecular complexity index is 565. The fourth-order valence-corrected chi connectivity index (χ4v) is 1.55. The number of nitrogens with two attached hydrogens (primary N) is 1. The average molecular weight is 262 g/mol. The van der Waals surface area contributed by atoms with Crippen LogP contribution in [0.1, 0.15) is 21.7 Å². The first-order valence-electron chi connectivity index (χ1n) is 5.64. The van der Waals surface area contributed by atoms with E-state index in [0.717, 1.165) is 5.56 Å². The molecule has 1 aromatic carbocycles. The van der Waals surface area contributed by atoms with Gasteiger partial charge in [0, 0.05) is 0 Å². The van der Waals surface area contributed by atoms with Crippen LogP contribution in [-0.4, -0.2) is 11.0 Å². The van der Waals surface area contributed by atoms with Gasteiger partial charge in [-0.15, -0.1) is 0 Å². The predicted molar refractivity (Wildman–Crippen MR) is 67.1 cm³/mol. The molecule has 100 valence electrons. The average Bonchev–Trinajstić information content (AvgIpc) is 2.93. The van der Waals surface area contributed by atoms with Crippen LogP contribution < -0.4 is 16.0 Å². The summed E-state index contributed by atoms with van der Waals surface area (Å²) in [7, 11) is 0. The van der Waals surface area contributed by atoms with Gasteiger partial charge in [0.25, 0.3) is 5.91 Å². The van der Waals surface area contributed by atoms with Crippen LogP contribution in [0.2, 0.25) is 0 Å². The fraction of sp³-hybridized carbons (Fsp3) is 0.154. The number of amides is 1. The number of nitrogen functional groups attached to an aromatic ring is 1. The number of aliphatic hydroxyl groups excluding tert-OH is 1. The molecule has 0 unspecified atom stereocenters. The molecule has 0 aliphatic carbocycles. The number of hydrogen-bond acceptors (Lipinski definition) is 5. The molecule has 1 aromatic heterocycles. The molecule has 2 rings (SSSR count). The van der Waals surface area contributed by atoms with Gasteiger partial charge < -0.3 is 14.3 Å². The lowest BCUT2D eigenvalue weighted by atomic mass is 10.2. The molecule has 4 N–H and O–H groups in total. The zero-order valence-corrected chi connectivity index (χ0v) is 10.1. The molecule has 0 radical (unpaired) electrons. The van der Waals surface area contributed by atoms with E-state index < -0.39 is 5.91 Å². The highest BCUT2D eigenvalue weighted by atomic mass is 16.5. The van der Waals surface area contributed by atoms with Gasteiger partial charge in [-0.2, -0.15) is 0 Å². The quantitative estimate of drug-likeness (QED) is 0.423. The number of furan rings is 1. The lowest BCUT2D eigenvalue weighted by Crippen LogP contribution is -2.29. The Labute approximate surface area is 109 Å². The minimum Gasteiger partial charge on any atom is -0.486 e. The highest BCUT2D eigenvalue weighted by Gasteiger charge is 2.09. The van der Waals surface area contributed by atoms with Gasteiger partial charge in [0.15, 0.2) is 0 Å². The minimum absolute atomic E-state index is 0.0429. The third-order valence-corrected chi connectivity index (χ3v) is 2.51. The Morgan fingerprint density at radius 3 is 3.00 bits per heavy atom. The number of hydrogen-bond donors (Lipinski definition) is 3. The zero-order chi connectivity index (χ0) is 13.7. The van der Waals surface area contributed by atoms with Gasteiger partial charge in [0.2, 0.25) is 0 Å². The molecule has 6 nitrogen and oxygen atoms in total. The van der Waals surface area contributed by atoms with Gasteiger partial charge in [-0.25, -0.2) is 5.84 Å². The molecule has 0 aliphatic heterocycles. The first-order valence-corrected chi connectivity index (χ1v) is 5.64. The van der Waals surface area contributed by atoms with Crippen LogP contribution in [0.15, 0.2) is 41.0 Å². The van der Waals surface area contributed by atoms with Crippen molar-refractivity contribution in [3.63, 3.8) is 0 Å². The summed E-state index contributed by atoms with van der Waals surface area (Å²) >= 11 is 0. The number of carbonyl (C=O) groups is 1. The summed E-state index contributed by atoms with van der Waals surface area (Å²) in [4.78, 5) is 11.2. The van der Waals surface area contributed by atoms with Crippen molar-refractivity contribution in [2.75, 3.05) is 0 Å². The van der Waals surface area contributed by atoms with Crippen molar-refractivity contribution in [2.24, 2.45) is 5.84 Å². The van der Waals surface area contributed by atoms with E-state index in [2.05, 4.69) is 0 Å². The van der Waals surface area contributed by atoms with Crippen molar-refractivity contribution in [3.05, 3.63) is 53.5 Å².